The molecule has 0 spiro atoms. The Bertz CT molecular complexity index is 1230. The van der Waals surface area contributed by atoms with Gasteiger partial charge in [-0.15, -0.1) is 0 Å². The highest BCUT2D eigenvalue weighted by atomic mass is 35.5. The van der Waals surface area contributed by atoms with Gasteiger partial charge in [0.25, 0.3) is 5.91 Å². The Balaban J connectivity index is 1.73. The number of para-hydroxylation sites is 1. The van der Waals surface area contributed by atoms with Gasteiger partial charge in [0, 0.05) is 22.4 Å². The molecule has 0 saturated carbocycles. The van der Waals surface area contributed by atoms with Crippen LogP contribution >= 0.6 is 11.6 Å². The molecule has 0 aliphatic carbocycles. The first kappa shape index (κ1) is 19.0. The molecular weight excluding hydrogens is 394 g/mol. The van der Waals surface area contributed by atoms with Gasteiger partial charge in [-0.1, -0.05) is 29.8 Å². The molecular formula is C22H18ClNO5. The molecule has 1 aromatic heterocycles. The number of hydrogen-bond acceptors (Lipinski definition) is 5. The fraction of sp³-hybridized carbons (Fsp3) is 0.136. The number of nitrogens with one attached hydrogen (secondary N) is 1. The number of halogens is 1. The van der Waals surface area contributed by atoms with E-state index in [-0.39, 0.29) is 22.1 Å². The number of anilines is 1. The normalized spacial score (nSPS) is 11.0. The van der Waals surface area contributed by atoms with Gasteiger partial charge in [0.2, 0.25) is 0 Å². The van der Waals surface area contributed by atoms with E-state index in [1.165, 1.54) is 19.2 Å². The fourth-order valence-corrected chi connectivity index (χ4v) is 3.39. The summed E-state index contributed by atoms with van der Waals surface area (Å²) in [6.45, 7) is 2.10. The maximum absolute atomic E-state index is 12.8. The van der Waals surface area contributed by atoms with E-state index >= 15 is 0 Å². The number of fused-ring (bicyclic) bond motifs is 3. The van der Waals surface area contributed by atoms with Crippen LogP contribution in [0, 0.1) is 0 Å². The Labute approximate surface area is 171 Å². The minimum absolute atomic E-state index is 0.0285. The third-order valence-electron chi connectivity index (χ3n) is 4.54. The van der Waals surface area contributed by atoms with Crippen LogP contribution in [-0.2, 0) is 0 Å². The quantitative estimate of drug-likeness (QED) is 0.446. The Morgan fingerprint density at radius 1 is 1.10 bits per heavy atom. The van der Waals surface area contributed by atoms with Gasteiger partial charge >= 0.3 is 0 Å². The smallest absolute Gasteiger partial charge is 0.255 e. The van der Waals surface area contributed by atoms with Crippen LogP contribution in [0.2, 0.25) is 5.02 Å². The summed E-state index contributed by atoms with van der Waals surface area (Å²) in [7, 11) is 1.53. The van der Waals surface area contributed by atoms with Gasteiger partial charge < -0.3 is 24.3 Å². The zero-order valence-electron chi connectivity index (χ0n) is 15.8. The van der Waals surface area contributed by atoms with E-state index in [1.54, 1.807) is 13.0 Å². The Morgan fingerprint density at radius 3 is 2.66 bits per heavy atom. The second-order valence-electron chi connectivity index (χ2n) is 6.34. The van der Waals surface area contributed by atoms with Gasteiger partial charge in [-0.3, -0.25) is 4.79 Å². The molecule has 0 unspecified atom stereocenters. The Morgan fingerprint density at radius 2 is 1.90 bits per heavy atom. The summed E-state index contributed by atoms with van der Waals surface area (Å²) in [4.78, 5) is 12.8. The van der Waals surface area contributed by atoms with Crippen LogP contribution in [0.5, 0.6) is 17.2 Å². The number of furan rings is 1. The van der Waals surface area contributed by atoms with Crippen molar-refractivity contribution < 1.29 is 23.8 Å². The molecule has 0 saturated heterocycles. The average molecular weight is 412 g/mol. The molecule has 4 rings (SSSR count). The highest BCUT2D eigenvalue weighted by Crippen LogP contribution is 2.38. The SMILES string of the molecule is CCOc1cc(C(=O)Nc2cc3oc4ccccc4c3cc2OC)cc(Cl)c1O. The predicted molar refractivity (Wildman–Crippen MR) is 113 cm³/mol. The topological polar surface area (TPSA) is 80.9 Å². The van der Waals surface area contributed by atoms with Crippen molar-refractivity contribution in [3.8, 4) is 17.2 Å². The molecule has 6 nitrogen and oxygen atoms in total. The lowest BCUT2D eigenvalue weighted by Crippen LogP contribution is -2.13. The van der Waals surface area contributed by atoms with E-state index in [2.05, 4.69) is 5.32 Å². The number of hydrogen-bond donors (Lipinski definition) is 2. The molecule has 0 bridgehead atoms. The summed E-state index contributed by atoms with van der Waals surface area (Å²) in [6.07, 6.45) is 0. The van der Waals surface area contributed by atoms with Gasteiger partial charge in [-0.05, 0) is 31.2 Å². The van der Waals surface area contributed by atoms with Gasteiger partial charge in [-0.25, -0.2) is 0 Å². The number of rotatable bonds is 5. The molecule has 0 aliphatic rings. The van der Waals surface area contributed by atoms with Crippen molar-refractivity contribution in [3.05, 3.63) is 59.1 Å². The highest BCUT2D eigenvalue weighted by Gasteiger charge is 2.18. The Hall–Kier alpha value is -3.38. The first-order chi connectivity index (χ1) is 14.0. The summed E-state index contributed by atoms with van der Waals surface area (Å²) in [5.74, 6) is 0.00474. The van der Waals surface area contributed by atoms with Crippen molar-refractivity contribution in [2.24, 2.45) is 0 Å². The van der Waals surface area contributed by atoms with E-state index < -0.39 is 5.91 Å². The van der Waals surface area contributed by atoms with E-state index in [4.69, 9.17) is 25.5 Å². The molecule has 2 N–H and O–H groups in total. The van der Waals surface area contributed by atoms with Crippen LogP contribution in [0.3, 0.4) is 0 Å². The van der Waals surface area contributed by atoms with Crippen LogP contribution in [0.15, 0.2) is 52.9 Å². The van der Waals surface area contributed by atoms with Crippen LogP contribution in [0.4, 0.5) is 5.69 Å². The molecule has 1 heterocycles. The second kappa shape index (κ2) is 7.56. The number of carbonyl (C=O) groups excluding carboxylic acids is 1. The minimum atomic E-state index is -0.429. The monoisotopic (exact) mass is 411 g/mol. The third-order valence-corrected chi connectivity index (χ3v) is 4.83. The number of carbonyl (C=O) groups is 1. The van der Waals surface area contributed by atoms with Crippen molar-refractivity contribution in [2.75, 3.05) is 19.0 Å². The molecule has 7 heteroatoms. The zero-order chi connectivity index (χ0) is 20.5. The molecule has 0 atom stereocenters. The zero-order valence-corrected chi connectivity index (χ0v) is 16.5. The second-order valence-corrected chi connectivity index (χ2v) is 6.75. The molecule has 4 aromatic rings. The number of phenols is 1. The van der Waals surface area contributed by atoms with Crippen molar-refractivity contribution >= 4 is 45.1 Å². The summed E-state index contributed by atoms with van der Waals surface area (Å²) in [6, 6.07) is 14.0. The number of benzene rings is 3. The molecule has 0 fully saturated rings. The average Bonchev–Trinajstić information content (AvgIpc) is 3.08. The minimum Gasteiger partial charge on any atom is -0.503 e. The first-order valence-corrected chi connectivity index (χ1v) is 9.35. The standard InChI is InChI=1S/C22H18ClNO5/c1-3-28-20-9-12(8-15(23)21(20)25)22(26)24-16-11-18-14(10-19(16)27-2)13-6-4-5-7-17(13)29-18/h4-11,25H,3H2,1-2H3,(H,24,26). The number of methoxy groups -OCH3 is 1. The van der Waals surface area contributed by atoms with Crippen LogP contribution in [-0.4, -0.2) is 24.7 Å². The largest absolute Gasteiger partial charge is 0.503 e. The third kappa shape index (κ3) is 3.43. The summed E-state index contributed by atoms with van der Waals surface area (Å²) < 4.78 is 16.7. The number of ether oxygens (including phenoxy) is 2. The number of phenolic OH excluding ortho intramolecular Hbond substituents is 1. The molecule has 0 radical (unpaired) electrons. The number of amides is 1. The molecule has 29 heavy (non-hydrogen) atoms. The predicted octanol–water partition coefficient (Wildman–Crippen LogP) is 5.60. The van der Waals surface area contributed by atoms with E-state index in [9.17, 15) is 9.90 Å². The van der Waals surface area contributed by atoms with E-state index in [0.29, 0.717) is 23.6 Å². The first-order valence-electron chi connectivity index (χ1n) is 8.97. The molecule has 3 aromatic carbocycles. The van der Waals surface area contributed by atoms with Crippen LogP contribution in [0.1, 0.15) is 17.3 Å². The van der Waals surface area contributed by atoms with E-state index in [1.807, 2.05) is 30.3 Å². The van der Waals surface area contributed by atoms with Crippen molar-refractivity contribution in [3.63, 3.8) is 0 Å². The van der Waals surface area contributed by atoms with Gasteiger partial charge in [-0.2, -0.15) is 0 Å². The lowest BCUT2D eigenvalue weighted by atomic mass is 10.1. The maximum Gasteiger partial charge on any atom is 0.255 e. The lowest BCUT2D eigenvalue weighted by molar-refractivity contribution is 0.102. The summed E-state index contributed by atoms with van der Waals surface area (Å²) in [5.41, 5.74) is 2.06. The van der Waals surface area contributed by atoms with Crippen molar-refractivity contribution in [2.45, 2.75) is 6.92 Å². The van der Waals surface area contributed by atoms with Gasteiger partial charge in [0.1, 0.15) is 16.9 Å². The highest BCUT2D eigenvalue weighted by molar-refractivity contribution is 6.32. The summed E-state index contributed by atoms with van der Waals surface area (Å²) in [5, 5.41) is 14.7. The van der Waals surface area contributed by atoms with Crippen molar-refractivity contribution in [1.29, 1.82) is 0 Å². The van der Waals surface area contributed by atoms with E-state index in [0.717, 1.165) is 16.4 Å². The molecule has 1 amide bonds. The van der Waals surface area contributed by atoms with Crippen LogP contribution < -0.4 is 14.8 Å². The van der Waals surface area contributed by atoms with Gasteiger partial charge in [0.15, 0.2) is 11.5 Å². The van der Waals surface area contributed by atoms with Crippen LogP contribution in [0.25, 0.3) is 21.9 Å². The fourth-order valence-electron chi connectivity index (χ4n) is 3.18. The lowest BCUT2D eigenvalue weighted by Gasteiger charge is -2.12. The molecule has 0 aliphatic heterocycles. The van der Waals surface area contributed by atoms with Gasteiger partial charge in [0.05, 0.1) is 24.4 Å². The molecule has 148 valence electrons. The summed E-state index contributed by atoms with van der Waals surface area (Å²) >= 11 is 6.03. The number of aromatic hydroxyl groups is 1. The maximum atomic E-state index is 12.8. The van der Waals surface area contributed by atoms with Crippen molar-refractivity contribution in [1.82, 2.24) is 0 Å². The Kier molecular flexibility index (Phi) is 4.94.